The molecule has 0 aliphatic heterocycles. The van der Waals surface area contributed by atoms with Crippen molar-refractivity contribution in [2.24, 2.45) is 4.99 Å². The molecular weight excluding hydrogens is 272 g/mol. The largest absolute Gasteiger partial charge is 0.388 e. The van der Waals surface area contributed by atoms with Gasteiger partial charge in [-0.1, -0.05) is 0 Å². The summed E-state index contributed by atoms with van der Waals surface area (Å²) in [6.45, 7) is 8.08. The Balaban J connectivity index is 1.92. The molecule has 3 N–H and O–H groups in total. The molecule has 0 spiro atoms. The van der Waals surface area contributed by atoms with Crippen LogP contribution in [0.15, 0.2) is 4.99 Å². The van der Waals surface area contributed by atoms with Gasteiger partial charge in [-0.15, -0.1) is 11.3 Å². The second-order valence-electron chi connectivity index (χ2n) is 5.37. The Morgan fingerprint density at radius 2 is 2.15 bits per heavy atom. The van der Waals surface area contributed by atoms with Crippen LogP contribution in [-0.2, 0) is 6.54 Å². The third-order valence-corrected chi connectivity index (χ3v) is 4.65. The van der Waals surface area contributed by atoms with Gasteiger partial charge >= 0.3 is 0 Å². The predicted molar refractivity (Wildman–Crippen MR) is 83.2 cm³/mol. The Morgan fingerprint density at radius 3 is 2.65 bits per heavy atom. The SMILES string of the molecule is CCNC(=NCc1sc(C)nc1C)NCC1(O)CCC1. The van der Waals surface area contributed by atoms with Crippen molar-refractivity contribution < 1.29 is 5.11 Å². The number of nitrogens with one attached hydrogen (secondary N) is 2. The van der Waals surface area contributed by atoms with Crippen molar-refractivity contribution in [3.63, 3.8) is 0 Å². The first kappa shape index (κ1) is 15.3. The van der Waals surface area contributed by atoms with Gasteiger partial charge in [0.15, 0.2) is 5.96 Å². The molecule has 1 heterocycles. The number of rotatable bonds is 5. The van der Waals surface area contributed by atoms with Crippen LogP contribution in [0.1, 0.15) is 41.8 Å². The maximum Gasteiger partial charge on any atom is 0.191 e. The van der Waals surface area contributed by atoms with E-state index >= 15 is 0 Å². The van der Waals surface area contributed by atoms with E-state index in [1.807, 2.05) is 20.8 Å². The molecule has 0 saturated heterocycles. The highest BCUT2D eigenvalue weighted by Crippen LogP contribution is 2.30. The van der Waals surface area contributed by atoms with Crippen molar-refractivity contribution in [1.29, 1.82) is 0 Å². The second-order valence-corrected chi connectivity index (χ2v) is 6.66. The van der Waals surface area contributed by atoms with Gasteiger partial charge in [-0.25, -0.2) is 9.98 Å². The summed E-state index contributed by atoms with van der Waals surface area (Å²) in [5.41, 5.74) is 0.525. The Bertz CT molecular complexity index is 480. The van der Waals surface area contributed by atoms with Crippen LogP contribution in [0.4, 0.5) is 0 Å². The molecule has 5 nitrogen and oxygen atoms in total. The number of nitrogens with zero attached hydrogens (tertiary/aromatic N) is 2. The average molecular weight is 296 g/mol. The summed E-state index contributed by atoms with van der Waals surface area (Å²) in [6.07, 6.45) is 2.88. The second kappa shape index (κ2) is 6.54. The van der Waals surface area contributed by atoms with Crippen LogP contribution in [0.3, 0.4) is 0 Å². The lowest BCUT2D eigenvalue weighted by molar-refractivity contribution is -0.0279. The summed E-state index contributed by atoms with van der Waals surface area (Å²) in [6, 6.07) is 0. The van der Waals surface area contributed by atoms with Crippen LogP contribution < -0.4 is 10.6 Å². The first-order chi connectivity index (χ1) is 9.52. The van der Waals surface area contributed by atoms with Gasteiger partial charge in [0.05, 0.1) is 22.8 Å². The van der Waals surface area contributed by atoms with Gasteiger partial charge in [-0.3, -0.25) is 0 Å². The molecular formula is C14H24N4OS. The monoisotopic (exact) mass is 296 g/mol. The summed E-state index contributed by atoms with van der Waals surface area (Å²) < 4.78 is 0. The minimum absolute atomic E-state index is 0.535. The highest BCUT2D eigenvalue weighted by molar-refractivity contribution is 7.11. The molecule has 1 aromatic rings. The Kier molecular flexibility index (Phi) is 4.99. The number of aryl methyl sites for hydroxylation is 2. The zero-order chi connectivity index (χ0) is 14.6. The fourth-order valence-corrected chi connectivity index (χ4v) is 3.08. The number of hydrogen-bond donors (Lipinski definition) is 3. The van der Waals surface area contributed by atoms with Crippen LogP contribution in [0.5, 0.6) is 0 Å². The molecule has 20 heavy (non-hydrogen) atoms. The van der Waals surface area contributed by atoms with Crippen LogP contribution in [0.2, 0.25) is 0 Å². The summed E-state index contributed by atoms with van der Waals surface area (Å²) in [5, 5.41) is 17.6. The van der Waals surface area contributed by atoms with Crippen molar-refractivity contribution in [1.82, 2.24) is 15.6 Å². The van der Waals surface area contributed by atoms with Gasteiger partial charge in [0, 0.05) is 18.0 Å². The molecule has 1 saturated carbocycles. The van der Waals surface area contributed by atoms with Crippen molar-refractivity contribution in [2.45, 2.75) is 52.2 Å². The lowest BCUT2D eigenvalue weighted by Gasteiger charge is -2.36. The Morgan fingerprint density at radius 1 is 1.40 bits per heavy atom. The van der Waals surface area contributed by atoms with Crippen LogP contribution in [0, 0.1) is 13.8 Å². The summed E-state index contributed by atoms with van der Waals surface area (Å²) in [4.78, 5) is 10.2. The normalized spacial score (nSPS) is 17.7. The van der Waals surface area contributed by atoms with Gasteiger partial charge in [-0.2, -0.15) is 0 Å². The molecule has 0 atom stereocenters. The predicted octanol–water partition coefficient (Wildman–Crippen LogP) is 1.73. The highest BCUT2D eigenvalue weighted by atomic mass is 32.1. The number of guanidine groups is 1. The highest BCUT2D eigenvalue weighted by Gasteiger charge is 2.34. The summed E-state index contributed by atoms with van der Waals surface area (Å²) in [7, 11) is 0. The average Bonchev–Trinajstić information content (AvgIpc) is 2.69. The van der Waals surface area contributed by atoms with Gasteiger partial charge in [0.2, 0.25) is 0 Å². The third-order valence-electron chi connectivity index (χ3n) is 3.59. The van der Waals surface area contributed by atoms with E-state index in [1.165, 1.54) is 4.88 Å². The lowest BCUT2D eigenvalue weighted by atomic mass is 9.80. The van der Waals surface area contributed by atoms with E-state index in [2.05, 4.69) is 20.6 Å². The molecule has 1 aromatic heterocycles. The summed E-state index contributed by atoms with van der Waals surface area (Å²) in [5.74, 6) is 0.762. The van der Waals surface area contributed by atoms with E-state index in [4.69, 9.17) is 0 Å². The molecule has 1 aliphatic carbocycles. The zero-order valence-corrected chi connectivity index (χ0v) is 13.3. The van der Waals surface area contributed by atoms with E-state index in [-0.39, 0.29) is 0 Å². The number of aliphatic hydroxyl groups is 1. The maximum absolute atomic E-state index is 10.1. The number of aromatic nitrogens is 1. The van der Waals surface area contributed by atoms with Crippen molar-refractivity contribution in [3.8, 4) is 0 Å². The fraction of sp³-hybridized carbons (Fsp3) is 0.714. The molecule has 0 aromatic carbocycles. The van der Waals surface area contributed by atoms with Crippen LogP contribution in [0.25, 0.3) is 0 Å². The van der Waals surface area contributed by atoms with Crippen LogP contribution in [-0.4, -0.2) is 34.7 Å². The van der Waals surface area contributed by atoms with Crippen molar-refractivity contribution >= 4 is 17.3 Å². The lowest BCUT2D eigenvalue weighted by Crippen LogP contribution is -2.50. The molecule has 0 radical (unpaired) electrons. The topological polar surface area (TPSA) is 69.5 Å². The molecule has 0 unspecified atom stereocenters. The van der Waals surface area contributed by atoms with Gasteiger partial charge in [-0.05, 0) is 40.0 Å². The Hall–Kier alpha value is -1.14. The molecule has 1 fully saturated rings. The molecule has 0 amide bonds. The van der Waals surface area contributed by atoms with E-state index in [9.17, 15) is 5.11 Å². The quantitative estimate of drug-likeness (QED) is 0.572. The Labute approximate surface area is 124 Å². The van der Waals surface area contributed by atoms with Crippen LogP contribution >= 0.6 is 11.3 Å². The number of hydrogen-bond acceptors (Lipinski definition) is 4. The first-order valence-electron chi connectivity index (χ1n) is 7.20. The van der Waals surface area contributed by atoms with Gasteiger partial charge in [0.25, 0.3) is 0 Å². The van der Waals surface area contributed by atoms with E-state index in [0.29, 0.717) is 13.1 Å². The summed E-state index contributed by atoms with van der Waals surface area (Å²) >= 11 is 1.69. The van der Waals surface area contributed by atoms with E-state index < -0.39 is 5.60 Å². The third kappa shape index (κ3) is 3.93. The van der Waals surface area contributed by atoms with Gasteiger partial charge in [0.1, 0.15) is 0 Å². The number of aliphatic imine (C=N–C) groups is 1. The molecule has 112 valence electrons. The van der Waals surface area contributed by atoms with Gasteiger partial charge < -0.3 is 15.7 Å². The van der Waals surface area contributed by atoms with E-state index in [0.717, 1.165) is 42.5 Å². The molecule has 1 aliphatic rings. The minimum atomic E-state index is -0.535. The minimum Gasteiger partial charge on any atom is -0.388 e. The molecule has 6 heteroatoms. The molecule has 2 rings (SSSR count). The van der Waals surface area contributed by atoms with Crippen molar-refractivity contribution in [3.05, 3.63) is 15.6 Å². The zero-order valence-electron chi connectivity index (χ0n) is 12.5. The first-order valence-corrected chi connectivity index (χ1v) is 8.01. The molecule has 0 bridgehead atoms. The number of thiazole rings is 1. The fourth-order valence-electron chi connectivity index (χ4n) is 2.22. The maximum atomic E-state index is 10.1. The smallest absolute Gasteiger partial charge is 0.191 e. The standard InChI is InChI=1S/C14H24N4OS/c1-4-15-13(17-9-14(19)6-5-7-14)16-8-12-10(2)18-11(3)20-12/h19H,4-9H2,1-3H3,(H2,15,16,17). The van der Waals surface area contributed by atoms with E-state index in [1.54, 1.807) is 11.3 Å². The van der Waals surface area contributed by atoms with Crippen molar-refractivity contribution in [2.75, 3.05) is 13.1 Å².